The molecule has 32 heavy (non-hydrogen) atoms. The lowest BCUT2D eigenvalue weighted by molar-refractivity contribution is -0.140. The van der Waals surface area contributed by atoms with Crippen molar-refractivity contribution in [1.29, 1.82) is 0 Å². The lowest BCUT2D eigenvalue weighted by Crippen LogP contribution is -2.42. The molecule has 5 atom stereocenters. The third-order valence-electron chi connectivity index (χ3n) is 4.48. The Kier molecular flexibility index (Phi) is 8.13. The number of hydrogen-bond acceptors (Lipinski definition) is 8. The van der Waals surface area contributed by atoms with Crippen molar-refractivity contribution in [3.05, 3.63) is 22.7 Å². The summed E-state index contributed by atoms with van der Waals surface area (Å²) in [5, 5.41) is 14.9. The van der Waals surface area contributed by atoms with Crippen LogP contribution in [-0.4, -0.2) is 81.3 Å². The first-order valence-electron chi connectivity index (χ1n) is 9.69. The van der Waals surface area contributed by atoms with E-state index in [1.807, 2.05) is 0 Å². The van der Waals surface area contributed by atoms with Gasteiger partial charge in [-0.2, -0.15) is 13.8 Å². The maximum Gasteiger partial charge on any atom is 0.403 e. The van der Waals surface area contributed by atoms with Crippen LogP contribution in [0.5, 0.6) is 0 Å². The molecule has 1 saturated heterocycles. The Morgan fingerprint density at radius 3 is 2.59 bits per heavy atom. The second kappa shape index (κ2) is 9.89. The number of likely N-dealkylation sites (N-methyl/N-ethyl adjacent to an activating group) is 1. The van der Waals surface area contributed by atoms with Crippen LogP contribution in [0.2, 0.25) is 0 Å². The molecule has 1 aliphatic heterocycles. The number of carbonyl (C=O) groups is 1. The average molecular weight is 483 g/mol. The Balaban J connectivity index is 2.11. The number of carbonyl (C=O) groups excluding carboxylic acids is 1. The quantitative estimate of drug-likeness (QED) is 0.357. The first-order chi connectivity index (χ1) is 14.7. The topological polar surface area (TPSA) is 155 Å². The van der Waals surface area contributed by atoms with Gasteiger partial charge in [0.05, 0.1) is 12.6 Å². The molecule has 1 aliphatic rings. The van der Waals surface area contributed by atoms with Crippen molar-refractivity contribution in [2.75, 3.05) is 26.0 Å². The van der Waals surface area contributed by atoms with E-state index in [2.05, 4.69) is 15.4 Å². The highest BCUT2D eigenvalue weighted by atomic mass is 31.2. The predicted molar refractivity (Wildman–Crippen MR) is 109 cm³/mol. The van der Waals surface area contributed by atoms with Crippen LogP contribution in [0, 0.1) is 0 Å². The zero-order valence-corrected chi connectivity index (χ0v) is 19.1. The van der Waals surface area contributed by atoms with E-state index in [-0.39, 0.29) is 11.9 Å². The van der Waals surface area contributed by atoms with Gasteiger partial charge < -0.3 is 25.0 Å². The largest absolute Gasteiger partial charge is 0.403 e. The van der Waals surface area contributed by atoms with Crippen LogP contribution >= 0.6 is 7.75 Å². The molecule has 1 unspecified atom stereocenters. The van der Waals surface area contributed by atoms with Crippen LogP contribution in [-0.2, 0) is 18.6 Å². The van der Waals surface area contributed by atoms with Crippen molar-refractivity contribution in [3.8, 4) is 0 Å². The minimum Gasteiger partial charge on any atom is -0.384 e. The van der Waals surface area contributed by atoms with Gasteiger partial charge in [-0.1, -0.05) is 0 Å². The number of aliphatic hydroxyl groups excluding tert-OH is 1. The average Bonchev–Trinajstić information content (AvgIpc) is 2.88. The summed E-state index contributed by atoms with van der Waals surface area (Å²) >= 11 is 0. The van der Waals surface area contributed by atoms with Crippen molar-refractivity contribution in [2.24, 2.45) is 0 Å². The zero-order chi connectivity index (χ0) is 24.4. The molecule has 182 valence electrons. The summed E-state index contributed by atoms with van der Waals surface area (Å²) in [7, 11) is -1.72. The predicted octanol–water partition coefficient (Wildman–Crippen LogP) is 0.141. The second-order valence-corrected chi connectivity index (χ2v) is 9.40. The Morgan fingerprint density at radius 2 is 2.06 bits per heavy atom. The van der Waals surface area contributed by atoms with Crippen LogP contribution in [0.4, 0.5) is 14.6 Å². The highest BCUT2D eigenvalue weighted by Crippen LogP contribution is 2.44. The molecular formula is C17H28F2N5O7P. The van der Waals surface area contributed by atoms with Gasteiger partial charge in [0.2, 0.25) is 12.1 Å². The van der Waals surface area contributed by atoms with E-state index < -0.39 is 56.4 Å². The molecule has 0 aromatic carbocycles. The maximum absolute atomic E-state index is 14.6. The standard InChI is InChI=1S/C17H28F2N5O7P/c1-9(2)20-12-6-7-24(16(27)21-12)15-17(18,19)13(25)11(31-15)8-30-32(28,29)22-10(3)14(26)23(4)5/h6-7,9-11,13,15,25H,8H2,1-5H3,(H,20,21,27)(H2,22,28,29)/t10-,11+,13+,15+/m0/s1. The lowest BCUT2D eigenvalue weighted by Gasteiger charge is -2.22. The highest BCUT2D eigenvalue weighted by molar-refractivity contribution is 7.50. The van der Waals surface area contributed by atoms with Gasteiger partial charge in [0.1, 0.15) is 11.9 Å². The van der Waals surface area contributed by atoms with Gasteiger partial charge in [-0.3, -0.25) is 13.9 Å². The van der Waals surface area contributed by atoms with E-state index in [0.717, 1.165) is 6.20 Å². The third-order valence-corrected chi connectivity index (χ3v) is 5.69. The van der Waals surface area contributed by atoms with Crippen molar-refractivity contribution in [2.45, 2.75) is 57.2 Å². The van der Waals surface area contributed by atoms with Gasteiger partial charge in [0.15, 0.2) is 6.10 Å². The van der Waals surface area contributed by atoms with E-state index in [9.17, 15) is 32.9 Å². The molecule has 1 amide bonds. The van der Waals surface area contributed by atoms with Crippen LogP contribution in [0.15, 0.2) is 17.1 Å². The summed E-state index contributed by atoms with van der Waals surface area (Å²) < 4.78 is 51.8. The van der Waals surface area contributed by atoms with Crippen molar-refractivity contribution in [1.82, 2.24) is 19.5 Å². The Morgan fingerprint density at radius 1 is 1.44 bits per heavy atom. The Labute approximate surface area is 183 Å². The van der Waals surface area contributed by atoms with Crippen molar-refractivity contribution in [3.63, 3.8) is 0 Å². The van der Waals surface area contributed by atoms with Gasteiger partial charge >= 0.3 is 19.4 Å². The molecule has 4 N–H and O–H groups in total. The molecule has 0 saturated carbocycles. The number of alkyl halides is 2. The molecule has 1 aromatic rings. The summed E-state index contributed by atoms with van der Waals surface area (Å²) in [5.41, 5.74) is -1.04. The summed E-state index contributed by atoms with van der Waals surface area (Å²) in [6.45, 7) is 4.01. The molecule has 2 heterocycles. The van der Waals surface area contributed by atoms with Gasteiger partial charge in [-0.05, 0) is 26.8 Å². The van der Waals surface area contributed by atoms with Crippen molar-refractivity contribution < 1.29 is 37.4 Å². The number of aromatic nitrogens is 2. The zero-order valence-electron chi connectivity index (χ0n) is 18.2. The van der Waals surface area contributed by atoms with Gasteiger partial charge in [0, 0.05) is 26.3 Å². The molecule has 1 aromatic heterocycles. The number of rotatable bonds is 9. The molecule has 0 spiro atoms. The van der Waals surface area contributed by atoms with E-state index >= 15 is 0 Å². The molecule has 1 fully saturated rings. The summed E-state index contributed by atoms with van der Waals surface area (Å²) in [6, 6.07) is 0.141. The lowest BCUT2D eigenvalue weighted by atomic mass is 10.1. The fraction of sp³-hybridized carbons (Fsp3) is 0.706. The molecule has 0 radical (unpaired) electrons. The molecule has 15 heteroatoms. The molecule has 0 bridgehead atoms. The van der Waals surface area contributed by atoms with Gasteiger partial charge in [-0.25, -0.2) is 14.4 Å². The minimum atomic E-state index is -4.61. The smallest absolute Gasteiger partial charge is 0.384 e. The normalized spacial score (nSPS) is 25.4. The van der Waals surface area contributed by atoms with Crippen LogP contribution in [0.25, 0.3) is 0 Å². The van der Waals surface area contributed by atoms with Gasteiger partial charge in [-0.15, -0.1) is 0 Å². The number of amides is 1. The van der Waals surface area contributed by atoms with Crippen molar-refractivity contribution >= 4 is 19.5 Å². The monoisotopic (exact) mass is 483 g/mol. The Hall–Kier alpha value is -1.96. The van der Waals surface area contributed by atoms with E-state index in [1.165, 1.54) is 32.0 Å². The maximum atomic E-state index is 14.6. The SMILES string of the molecule is CC(C)Nc1ccn([C@@H]2O[C@H](COP(=O)(O)N[C@@H](C)C(=O)N(C)C)[C@@H](O)C2(F)F)c(=O)n1. The molecular weight excluding hydrogens is 455 g/mol. The minimum absolute atomic E-state index is 0.0520. The first kappa shape index (κ1) is 26.3. The van der Waals surface area contributed by atoms with Gasteiger partial charge in [0.25, 0.3) is 0 Å². The fourth-order valence-corrected chi connectivity index (χ4v) is 4.00. The number of halogens is 2. The number of hydrogen-bond donors (Lipinski definition) is 4. The first-order valence-corrected chi connectivity index (χ1v) is 11.3. The number of nitrogens with one attached hydrogen (secondary N) is 2. The van der Waals surface area contributed by atoms with Crippen LogP contribution in [0.1, 0.15) is 27.0 Å². The fourth-order valence-electron chi connectivity index (χ4n) is 2.97. The van der Waals surface area contributed by atoms with Crippen LogP contribution < -0.4 is 16.1 Å². The van der Waals surface area contributed by atoms with E-state index in [4.69, 9.17) is 9.26 Å². The third kappa shape index (κ3) is 6.09. The van der Waals surface area contributed by atoms with Crippen LogP contribution in [0.3, 0.4) is 0 Å². The highest BCUT2D eigenvalue weighted by Gasteiger charge is 2.60. The molecule has 0 aliphatic carbocycles. The summed E-state index contributed by atoms with van der Waals surface area (Å²) in [4.78, 5) is 38.7. The second-order valence-electron chi connectivity index (χ2n) is 7.85. The number of aliphatic hydroxyl groups is 1. The molecule has 2 rings (SSSR count). The molecule has 12 nitrogen and oxygen atoms in total. The van der Waals surface area contributed by atoms with E-state index in [1.54, 1.807) is 13.8 Å². The number of ether oxygens (including phenoxy) is 1. The Bertz CT molecular complexity index is 929. The van der Waals surface area contributed by atoms with E-state index in [0.29, 0.717) is 4.57 Å². The summed E-state index contributed by atoms with van der Waals surface area (Å²) in [6.07, 6.45) is -5.34. The number of anilines is 1. The number of nitrogens with zero attached hydrogens (tertiary/aromatic N) is 3. The summed E-state index contributed by atoms with van der Waals surface area (Å²) in [5.74, 6) is -4.27.